The van der Waals surface area contributed by atoms with Gasteiger partial charge in [-0.2, -0.15) is 10.5 Å². The standard InChI is InChI=1S/C22H21F3N4O5S.C21H18ClF3N4O5S/c1-3-34-22(31)16-7-14(8-26)20(27-18(16)19(24)25)29-9-15(10-29)21(30)28-35(32,33)11-13-4-5-17(23)12(2)6-13;1-2-34-21(31)15-5-12(7-26)19(27-17(15)18(24)25)29-8-13(9-29)20(30)28-35(32,33)10-11-3-4-14(23)6-16(11)22/h4-7,15,19H,3,9-11H2,1-2H3,(H,28,30);3-6,13,18H,2,8-10H2,1H3,(H,28,30). The molecule has 0 atom stereocenters. The molecular weight excluding hydrogens is 1000 g/mol. The monoisotopic (exact) mass is 1040 g/mol. The molecule has 2 fully saturated rings. The number of benzene rings is 2. The van der Waals surface area contributed by atoms with Crippen LogP contribution in [0.3, 0.4) is 0 Å². The zero-order chi connectivity index (χ0) is 51.8. The van der Waals surface area contributed by atoms with E-state index in [-0.39, 0.29) is 78.3 Å². The third-order valence-corrected chi connectivity index (χ3v) is 13.0. The highest BCUT2D eigenvalue weighted by molar-refractivity contribution is 7.89. The predicted molar refractivity (Wildman–Crippen MR) is 235 cm³/mol. The highest BCUT2D eigenvalue weighted by Crippen LogP contribution is 2.34. The summed E-state index contributed by atoms with van der Waals surface area (Å²) in [6, 6.07) is 12.4. The van der Waals surface area contributed by atoms with Gasteiger partial charge in [0, 0.05) is 31.2 Å². The lowest BCUT2D eigenvalue weighted by atomic mass is 9.98. The van der Waals surface area contributed by atoms with E-state index in [4.69, 9.17) is 21.1 Å². The normalized spacial score (nSPS) is 13.8. The van der Waals surface area contributed by atoms with Gasteiger partial charge in [-0.05, 0) is 67.8 Å². The van der Waals surface area contributed by atoms with Crippen LogP contribution in [0.2, 0.25) is 5.02 Å². The third kappa shape index (κ3) is 13.2. The first-order chi connectivity index (χ1) is 32.9. The van der Waals surface area contributed by atoms with Gasteiger partial charge in [0.1, 0.15) is 46.8 Å². The first-order valence-corrected chi connectivity index (χ1v) is 24.2. The summed E-state index contributed by atoms with van der Waals surface area (Å²) in [7, 11) is -8.24. The maximum atomic E-state index is 13.5. The molecule has 0 aliphatic carbocycles. The Hall–Kier alpha value is -7.03. The Kier molecular flexibility index (Phi) is 17.4. The minimum atomic E-state index is -4.17. The van der Waals surface area contributed by atoms with Crippen LogP contribution in [0.1, 0.15) is 86.6 Å². The van der Waals surface area contributed by atoms with E-state index in [2.05, 4.69) is 9.97 Å². The van der Waals surface area contributed by atoms with Gasteiger partial charge in [0.25, 0.3) is 12.9 Å². The maximum absolute atomic E-state index is 13.5. The minimum Gasteiger partial charge on any atom is -0.462 e. The Labute approximate surface area is 401 Å². The molecule has 2 aliphatic rings. The number of anilines is 2. The summed E-state index contributed by atoms with van der Waals surface area (Å²) in [4.78, 5) is 59.1. The van der Waals surface area contributed by atoms with Gasteiger partial charge >= 0.3 is 11.9 Å². The number of nitrogens with one attached hydrogen (secondary N) is 2. The van der Waals surface area contributed by atoms with E-state index in [0.717, 1.165) is 30.3 Å². The van der Waals surface area contributed by atoms with Crippen LogP contribution in [-0.2, 0) is 50.6 Å². The summed E-state index contributed by atoms with van der Waals surface area (Å²) in [5, 5.41) is 18.7. The van der Waals surface area contributed by atoms with Crippen molar-refractivity contribution in [3.63, 3.8) is 0 Å². The van der Waals surface area contributed by atoms with E-state index in [1.165, 1.54) is 48.8 Å². The number of halogens is 7. The van der Waals surface area contributed by atoms with Crippen molar-refractivity contribution in [3.8, 4) is 12.1 Å². The first kappa shape index (κ1) is 53.9. The van der Waals surface area contributed by atoms with Gasteiger partial charge in [-0.3, -0.25) is 19.0 Å². The second-order valence-electron chi connectivity index (χ2n) is 15.3. The average molecular weight is 1040 g/mol. The van der Waals surface area contributed by atoms with Crippen LogP contribution in [0.15, 0.2) is 48.5 Å². The zero-order valence-corrected chi connectivity index (χ0v) is 39.2. The topological polar surface area (TPSA) is 259 Å². The van der Waals surface area contributed by atoms with Crippen LogP contribution in [0.5, 0.6) is 0 Å². The first-order valence-electron chi connectivity index (χ1n) is 20.5. The Bertz CT molecular complexity index is 3020. The number of aromatic nitrogens is 2. The van der Waals surface area contributed by atoms with E-state index in [1.54, 1.807) is 12.1 Å². The molecule has 2 saturated heterocycles. The number of esters is 2. The summed E-state index contributed by atoms with van der Waals surface area (Å²) in [5.74, 6) is -8.06. The van der Waals surface area contributed by atoms with Crippen LogP contribution in [-0.4, -0.2) is 89.9 Å². The molecule has 2 aromatic heterocycles. The van der Waals surface area contributed by atoms with Crippen LogP contribution in [0, 0.1) is 53.1 Å². The van der Waals surface area contributed by atoms with Gasteiger partial charge in [0.2, 0.25) is 31.9 Å². The number of nitrogens with zero attached hydrogens (tertiary/aromatic N) is 6. The quantitative estimate of drug-likeness (QED) is 0.103. The van der Waals surface area contributed by atoms with Crippen molar-refractivity contribution in [2.45, 2.75) is 45.1 Å². The largest absolute Gasteiger partial charge is 0.462 e. The number of rotatable bonds is 16. The molecule has 372 valence electrons. The Balaban J connectivity index is 0.000000261. The molecule has 0 radical (unpaired) electrons. The van der Waals surface area contributed by atoms with Gasteiger partial charge < -0.3 is 19.3 Å². The molecule has 27 heteroatoms. The summed E-state index contributed by atoms with van der Waals surface area (Å²) >= 11 is 5.83. The highest BCUT2D eigenvalue weighted by Gasteiger charge is 2.39. The number of carbonyl (C=O) groups excluding carboxylic acids is 4. The Morgan fingerprint density at radius 3 is 1.56 bits per heavy atom. The van der Waals surface area contributed by atoms with Gasteiger partial charge in [0.05, 0.1) is 58.8 Å². The van der Waals surface area contributed by atoms with Crippen molar-refractivity contribution in [2.75, 3.05) is 49.2 Å². The molecule has 4 heterocycles. The smallest absolute Gasteiger partial charge is 0.340 e. The molecular formula is C43H39ClF6N8O10S2. The molecule has 0 unspecified atom stereocenters. The molecule has 2 N–H and O–H groups in total. The number of hydrogen-bond donors (Lipinski definition) is 2. The van der Waals surface area contributed by atoms with Crippen molar-refractivity contribution in [2.24, 2.45) is 11.8 Å². The lowest BCUT2D eigenvalue weighted by Crippen LogP contribution is -2.55. The van der Waals surface area contributed by atoms with Crippen molar-refractivity contribution in [3.05, 3.63) is 116 Å². The molecule has 2 aliphatic heterocycles. The average Bonchev–Trinajstić information content (AvgIpc) is 3.24. The number of sulfonamides is 2. The number of hydrogen-bond acceptors (Lipinski definition) is 16. The van der Waals surface area contributed by atoms with Crippen LogP contribution in [0.4, 0.5) is 38.0 Å². The van der Waals surface area contributed by atoms with Crippen molar-refractivity contribution >= 4 is 67.0 Å². The van der Waals surface area contributed by atoms with E-state index >= 15 is 0 Å². The molecule has 0 saturated carbocycles. The number of amides is 2. The fourth-order valence-corrected chi connectivity index (χ4v) is 9.48. The second kappa shape index (κ2) is 22.6. The van der Waals surface area contributed by atoms with Crippen LogP contribution >= 0.6 is 11.6 Å². The number of carbonyl (C=O) groups is 4. The minimum absolute atomic E-state index is 0.0578. The summed E-state index contributed by atoms with van der Waals surface area (Å²) < 4.78 is 143. The molecule has 4 aromatic rings. The molecule has 0 bridgehead atoms. The number of nitriles is 2. The third-order valence-electron chi connectivity index (χ3n) is 10.3. The van der Waals surface area contributed by atoms with Gasteiger partial charge in [0.15, 0.2) is 0 Å². The molecule has 0 spiro atoms. The highest BCUT2D eigenvalue weighted by atomic mass is 35.5. The molecule has 70 heavy (non-hydrogen) atoms. The zero-order valence-electron chi connectivity index (χ0n) is 36.8. The number of aryl methyl sites for hydroxylation is 1. The van der Waals surface area contributed by atoms with Crippen molar-refractivity contribution in [1.29, 1.82) is 10.5 Å². The lowest BCUT2D eigenvalue weighted by molar-refractivity contribution is -0.124. The summed E-state index contributed by atoms with van der Waals surface area (Å²) in [5.41, 5.74) is -2.51. The molecule has 2 aromatic carbocycles. The van der Waals surface area contributed by atoms with Crippen molar-refractivity contribution in [1.82, 2.24) is 19.4 Å². The van der Waals surface area contributed by atoms with Gasteiger partial charge in [-0.15, -0.1) is 0 Å². The summed E-state index contributed by atoms with van der Waals surface area (Å²) in [6.45, 7) is 3.97. The molecule has 6 rings (SSSR count). The Morgan fingerprint density at radius 2 is 1.17 bits per heavy atom. The van der Waals surface area contributed by atoms with Crippen LogP contribution < -0.4 is 19.2 Å². The second-order valence-corrected chi connectivity index (χ2v) is 19.2. The van der Waals surface area contributed by atoms with E-state index in [0.29, 0.717) is 5.56 Å². The van der Waals surface area contributed by atoms with Gasteiger partial charge in [-0.25, -0.2) is 62.7 Å². The fraction of sp³-hybridized carbons (Fsp3) is 0.349. The predicted octanol–water partition coefficient (Wildman–Crippen LogP) is 5.54. The van der Waals surface area contributed by atoms with Crippen LogP contribution in [0.25, 0.3) is 0 Å². The number of alkyl halides is 4. The van der Waals surface area contributed by atoms with Gasteiger partial charge in [-0.1, -0.05) is 29.8 Å². The van der Waals surface area contributed by atoms with Crippen molar-refractivity contribution < 1.29 is 71.8 Å². The lowest BCUT2D eigenvalue weighted by Gasteiger charge is -2.39. The summed E-state index contributed by atoms with van der Waals surface area (Å²) in [6.07, 6.45) is -6.26. The number of pyridine rings is 2. The molecule has 2 amide bonds. The number of ether oxygens (including phenoxy) is 2. The van der Waals surface area contributed by atoms with E-state index in [1.807, 2.05) is 9.44 Å². The SMILES string of the molecule is CCOC(=O)c1cc(C#N)c(N2CC(C(=O)NS(=O)(=O)Cc3ccc(F)c(C)c3)C2)nc1C(F)F.CCOC(=O)c1cc(C#N)c(N2CC(C(=O)NS(=O)(=O)Cc3ccc(F)cc3Cl)C2)nc1C(F)F. The maximum Gasteiger partial charge on any atom is 0.340 e. The fourth-order valence-electron chi connectivity index (χ4n) is 6.80. The molecule has 18 nitrogen and oxygen atoms in total. The van der Waals surface area contributed by atoms with E-state index < -0.39 is 114 Å². The van der Waals surface area contributed by atoms with E-state index in [9.17, 15) is 72.9 Å². The Morgan fingerprint density at radius 1 is 0.729 bits per heavy atom.